The lowest BCUT2D eigenvalue weighted by atomic mass is 10.2. The van der Waals surface area contributed by atoms with Crippen molar-refractivity contribution in [1.82, 2.24) is 10.3 Å². The van der Waals surface area contributed by atoms with Crippen LogP contribution in [0.4, 0.5) is 10.8 Å². The molecule has 0 radical (unpaired) electrons. The van der Waals surface area contributed by atoms with Crippen molar-refractivity contribution in [3.8, 4) is 0 Å². The molecule has 0 aliphatic carbocycles. The van der Waals surface area contributed by atoms with Gasteiger partial charge in [-0.2, -0.15) is 0 Å². The number of anilines is 2. The SMILES string of the molecule is Cc1cccc2sc(NC(=O)c3ccccc3)nc12.Cc1ccccc1NC(=S)NC(=O)c1ccccc1. The van der Waals surface area contributed by atoms with Crippen molar-refractivity contribution in [2.24, 2.45) is 0 Å². The third kappa shape index (κ3) is 7.09. The topological polar surface area (TPSA) is 83.1 Å². The summed E-state index contributed by atoms with van der Waals surface area (Å²) in [5.41, 5.74) is 5.25. The van der Waals surface area contributed by atoms with E-state index in [-0.39, 0.29) is 11.8 Å². The van der Waals surface area contributed by atoms with Crippen LogP contribution in [0.25, 0.3) is 10.2 Å². The predicted molar refractivity (Wildman–Crippen MR) is 160 cm³/mol. The highest BCUT2D eigenvalue weighted by atomic mass is 32.1. The van der Waals surface area contributed by atoms with Crippen LogP contribution in [0.15, 0.2) is 103 Å². The largest absolute Gasteiger partial charge is 0.332 e. The van der Waals surface area contributed by atoms with Crippen LogP contribution in [0.3, 0.4) is 0 Å². The van der Waals surface area contributed by atoms with Gasteiger partial charge >= 0.3 is 0 Å². The maximum Gasteiger partial charge on any atom is 0.257 e. The number of aromatic nitrogens is 1. The maximum absolute atomic E-state index is 12.0. The van der Waals surface area contributed by atoms with Crippen LogP contribution in [-0.2, 0) is 0 Å². The number of amides is 2. The molecule has 0 unspecified atom stereocenters. The van der Waals surface area contributed by atoms with Gasteiger partial charge in [0.15, 0.2) is 10.2 Å². The minimum atomic E-state index is -0.216. The van der Waals surface area contributed by atoms with Crippen LogP contribution >= 0.6 is 23.6 Å². The molecule has 0 saturated heterocycles. The zero-order chi connectivity index (χ0) is 26.9. The lowest BCUT2D eigenvalue weighted by Crippen LogP contribution is -2.34. The summed E-state index contributed by atoms with van der Waals surface area (Å²) in [5.74, 6) is -0.344. The fourth-order valence-electron chi connectivity index (χ4n) is 3.53. The number of thiazole rings is 1. The minimum Gasteiger partial charge on any atom is -0.332 e. The Kier molecular flexibility index (Phi) is 8.92. The smallest absolute Gasteiger partial charge is 0.257 e. The van der Waals surface area contributed by atoms with Gasteiger partial charge < -0.3 is 5.32 Å². The van der Waals surface area contributed by atoms with E-state index in [1.54, 1.807) is 24.3 Å². The minimum absolute atomic E-state index is 0.127. The zero-order valence-electron chi connectivity index (χ0n) is 20.9. The molecule has 5 aromatic rings. The Labute approximate surface area is 230 Å². The van der Waals surface area contributed by atoms with Crippen LogP contribution in [0.5, 0.6) is 0 Å². The van der Waals surface area contributed by atoms with Gasteiger partial charge in [0.05, 0.1) is 10.2 Å². The summed E-state index contributed by atoms with van der Waals surface area (Å²) in [7, 11) is 0. The molecule has 0 bridgehead atoms. The standard InChI is InChI=1S/C15H12N2OS.C15H14N2OS/c1-10-6-5-9-12-13(10)16-15(19-12)17-14(18)11-7-3-2-4-8-11;1-11-7-5-6-10-13(11)16-15(19)17-14(18)12-8-3-2-4-9-12/h2-9H,1H3,(H,16,17,18);2-10H,1H3,(H2,16,17,18,19). The Morgan fingerprint density at radius 2 is 1.26 bits per heavy atom. The van der Waals surface area contributed by atoms with Crippen molar-refractivity contribution in [3.05, 3.63) is 125 Å². The average molecular weight is 539 g/mol. The quantitative estimate of drug-likeness (QED) is 0.215. The van der Waals surface area contributed by atoms with E-state index in [9.17, 15) is 9.59 Å². The first-order valence-corrected chi connectivity index (χ1v) is 13.1. The number of nitrogens with one attached hydrogen (secondary N) is 3. The van der Waals surface area contributed by atoms with Crippen molar-refractivity contribution in [2.75, 3.05) is 10.6 Å². The molecule has 8 heteroatoms. The molecule has 0 spiro atoms. The highest BCUT2D eigenvalue weighted by molar-refractivity contribution is 7.80. The molecule has 0 aliphatic heterocycles. The first-order chi connectivity index (χ1) is 18.4. The summed E-state index contributed by atoms with van der Waals surface area (Å²) in [5, 5.41) is 9.44. The fraction of sp³-hybridized carbons (Fsp3) is 0.0667. The van der Waals surface area contributed by atoms with Crippen LogP contribution in [0.1, 0.15) is 31.8 Å². The molecule has 2 amide bonds. The number of benzene rings is 4. The second-order valence-corrected chi connectivity index (χ2v) is 9.79. The maximum atomic E-state index is 12.0. The van der Waals surface area contributed by atoms with E-state index in [1.165, 1.54) is 11.3 Å². The van der Waals surface area contributed by atoms with Gasteiger partial charge in [0, 0.05) is 16.8 Å². The van der Waals surface area contributed by atoms with Gasteiger partial charge in [-0.15, -0.1) is 0 Å². The van der Waals surface area contributed by atoms with E-state index >= 15 is 0 Å². The van der Waals surface area contributed by atoms with E-state index in [0.717, 1.165) is 27.0 Å². The Balaban J connectivity index is 0.000000177. The Bertz CT molecular complexity index is 1570. The van der Waals surface area contributed by atoms with E-state index in [2.05, 4.69) is 20.9 Å². The first-order valence-electron chi connectivity index (χ1n) is 11.9. The van der Waals surface area contributed by atoms with E-state index in [0.29, 0.717) is 21.4 Å². The van der Waals surface area contributed by atoms with E-state index in [1.807, 2.05) is 92.7 Å². The summed E-state index contributed by atoms with van der Waals surface area (Å²) in [6.07, 6.45) is 0. The molecule has 4 aromatic carbocycles. The first kappa shape index (κ1) is 26.7. The number of carbonyl (C=O) groups is 2. The van der Waals surface area contributed by atoms with Gasteiger partial charge in [0.25, 0.3) is 11.8 Å². The van der Waals surface area contributed by atoms with Crippen LogP contribution in [-0.4, -0.2) is 21.9 Å². The number of para-hydroxylation sites is 2. The monoisotopic (exact) mass is 538 g/mol. The number of nitrogens with zero attached hydrogens (tertiary/aromatic N) is 1. The molecule has 1 aromatic heterocycles. The molecule has 38 heavy (non-hydrogen) atoms. The van der Waals surface area contributed by atoms with Gasteiger partial charge in [0.2, 0.25) is 0 Å². The Morgan fingerprint density at radius 3 is 1.89 bits per heavy atom. The number of hydrogen-bond acceptors (Lipinski definition) is 5. The van der Waals surface area contributed by atoms with Crippen LogP contribution in [0, 0.1) is 13.8 Å². The predicted octanol–water partition coefficient (Wildman–Crippen LogP) is 6.98. The zero-order valence-corrected chi connectivity index (χ0v) is 22.5. The molecule has 3 N–H and O–H groups in total. The molecule has 0 saturated carbocycles. The van der Waals surface area contributed by atoms with E-state index < -0.39 is 0 Å². The lowest BCUT2D eigenvalue weighted by molar-refractivity contribution is 0.0976. The highest BCUT2D eigenvalue weighted by Gasteiger charge is 2.10. The van der Waals surface area contributed by atoms with Crippen molar-refractivity contribution >= 4 is 61.5 Å². The molecule has 6 nitrogen and oxygen atoms in total. The number of hydrogen-bond donors (Lipinski definition) is 3. The highest BCUT2D eigenvalue weighted by Crippen LogP contribution is 2.28. The molecule has 5 rings (SSSR count). The van der Waals surface area contributed by atoms with Gasteiger partial charge in [-0.3, -0.25) is 20.2 Å². The average Bonchev–Trinajstić information content (AvgIpc) is 3.35. The number of thiocarbonyl (C=S) groups is 1. The molecule has 190 valence electrons. The summed E-state index contributed by atoms with van der Waals surface area (Å²) in [4.78, 5) is 28.4. The fourth-order valence-corrected chi connectivity index (χ4v) is 4.67. The van der Waals surface area contributed by atoms with Gasteiger partial charge in [-0.1, -0.05) is 78.1 Å². The molecule has 0 fully saturated rings. The molecule has 0 aliphatic rings. The van der Waals surface area contributed by atoms with Crippen molar-refractivity contribution in [3.63, 3.8) is 0 Å². The number of carbonyl (C=O) groups excluding carboxylic acids is 2. The van der Waals surface area contributed by atoms with Crippen molar-refractivity contribution in [1.29, 1.82) is 0 Å². The third-order valence-corrected chi connectivity index (χ3v) is 6.67. The van der Waals surface area contributed by atoms with Gasteiger partial charge in [0.1, 0.15) is 0 Å². The van der Waals surface area contributed by atoms with Crippen molar-refractivity contribution in [2.45, 2.75) is 13.8 Å². The van der Waals surface area contributed by atoms with Gasteiger partial charge in [-0.25, -0.2) is 4.98 Å². The number of aryl methyl sites for hydroxylation is 2. The summed E-state index contributed by atoms with van der Waals surface area (Å²) < 4.78 is 1.09. The van der Waals surface area contributed by atoms with E-state index in [4.69, 9.17) is 12.2 Å². The molecular formula is C30H26N4O2S2. The second-order valence-electron chi connectivity index (χ2n) is 8.35. The van der Waals surface area contributed by atoms with Gasteiger partial charge in [-0.05, 0) is 73.6 Å². The number of rotatable bonds is 4. The third-order valence-electron chi connectivity index (χ3n) is 5.53. The Hall–Kier alpha value is -4.40. The molecule has 1 heterocycles. The number of fused-ring (bicyclic) bond motifs is 1. The molecular weight excluding hydrogens is 512 g/mol. The van der Waals surface area contributed by atoms with Crippen LogP contribution < -0.4 is 16.0 Å². The second kappa shape index (κ2) is 12.7. The molecule has 0 atom stereocenters. The lowest BCUT2D eigenvalue weighted by Gasteiger charge is -2.11. The van der Waals surface area contributed by atoms with Crippen LogP contribution in [0.2, 0.25) is 0 Å². The summed E-state index contributed by atoms with van der Waals surface area (Å²) >= 11 is 6.62. The summed E-state index contributed by atoms with van der Waals surface area (Å²) in [6, 6.07) is 31.9. The normalized spacial score (nSPS) is 10.2. The van der Waals surface area contributed by atoms with Crippen molar-refractivity contribution < 1.29 is 9.59 Å². The summed E-state index contributed by atoms with van der Waals surface area (Å²) in [6.45, 7) is 3.99. The Morgan fingerprint density at radius 1 is 0.684 bits per heavy atom.